The lowest BCUT2D eigenvalue weighted by Crippen LogP contribution is -2.36. The summed E-state index contributed by atoms with van der Waals surface area (Å²) in [5.41, 5.74) is -0.340. The maximum atomic E-state index is 12.7. The fourth-order valence-electron chi connectivity index (χ4n) is 2.71. The van der Waals surface area contributed by atoms with Crippen molar-refractivity contribution in [3.05, 3.63) is 16.7 Å². The first-order valence-electron chi connectivity index (χ1n) is 9.31. The van der Waals surface area contributed by atoms with Gasteiger partial charge >= 0.3 is 17.8 Å². The van der Waals surface area contributed by atoms with Crippen LogP contribution in [0.2, 0.25) is 0 Å². The van der Waals surface area contributed by atoms with E-state index in [1.165, 1.54) is 10.8 Å². The highest BCUT2D eigenvalue weighted by molar-refractivity contribution is 7.84. The van der Waals surface area contributed by atoms with Crippen LogP contribution in [0.25, 0.3) is 0 Å². The third kappa shape index (κ3) is 9.20. The van der Waals surface area contributed by atoms with Gasteiger partial charge in [0.1, 0.15) is 0 Å². The van der Waals surface area contributed by atoms with Crippen LogP contribution in [-0.2, 0) is 17.3 Å². The number of hydrogen-bond donors (Lipinski definition) is 2. The molecule has 1 aromatic heterocycles. The molecule has 0 radical (unpaired) electrons. The monoisotopic (exact) mass is 434 g/mol. The number of nitrogens with one attached hydrogen (secondary N) is 1. The molecule has 11 heteroatoms. The second-order valence-electron chi connectivity index (χ2n) is 6.77. The lowest BCUT2D eigenvalue weighted by molar-refractivity contribution is -0.284. The number of aromatic nitrogens is 2. The highest BCUT2D eigenvalue weighted by atomic mass is 32.2. The molecule has 0 aliphatic rings. The van der Waals surface area contributed by atoms with Crippen molar-refractivity contribution in [3.63, 3.8) is 0 Å². The van der Waals surface area contributed by atoms with Crippen LogP contribution < -0.4 is 5.69 Å². The molecule has 0 aromatic carbocycles. The molecule has 0 saturated carbocycles. The number of alkyl halides is 5. The molecule has 1 unspecified atom stereocenters. The van der Waals surface area contributed by atoms with Gasteiger partial charge in [0, 0.05) is 35.3 Å². The van der Waals surface area contributed by atoms with Gasteiger partial charge in [0.15, 0.2) is 0 Å². The summed E-state index contributed by atoms with van der Waals surface area (Å²) in [6.07, 6.45) is 0.155. The van der Waals surface area contributed by atoms with Gasteiger partial charge in [-0.1, -0.05) is 32.1 Å². The molecular weight excluding hydrogens is 407 g/mol. The van der Waals surface area contributed by atoms with Crippen molar-refractivity contribution in [1.29, 1.82) is 0 Å². The lowest BCUT2D eigenvalue weighted by atomic mass is 10.1. The minimum Gasteiger partial charge on any atom is -0.493 e. The number of H-pyrrole nitrogens is 1. The van der Waals surface area contributed by atoms with Crippen LogP contribution in [0.15, 0.2) is 11.0 Å². The number of aromatic hydroxyl groups is 1. The summed E-state index contributed by atoms with van der Waals surface area (Å²) >= 11 is 0. The summed E-state index contributed by atoms with van der Waals surface area (Å²) in [7, 11) is -1.37. The number of unbranched alkanes of at least 4 members (excludes halogenated alkanes) is 6. The lowest BCUT2D eigenvalue weighted by Gasteiger charge is -2.19. The van der Waals surface area contributed by atoms with E-state index in [-0.39, 0.29) is 17.3 Å². The van der Waals surface area contributed by atoms with Crippen molar-refractivity contribution in [2.24, 2.45) is 0 Å². The molecule has 0 aliphatic heterocycles. The molecule has 0 amide bonds. The van der Waals surface area contributed by atoms with Gasteiger partial charge < -0.3 is 5.11 Å². The normalized spacial score (nSPS) is 13.8. The number of aromatic amines is 1. The van der Waals surface area contributed by atoms with Crippen LogP contribution in [-0.4, -0.2) is 42.5 Å². The number of nitrogens with zero attached hydrogens (tertiary/aromatic N) is 1. The Morgan fingerprint density at radius 1 is 0.929 bits per heavy atom. The molecule has 164 valence electrons. The molecule has 5 nitrogen and oxygen atoms in total. The smallest absolute Gasteiger partial charge is 0.453 e. The molecule has 1 heterocycles. The fraction of sp³-hybridized carbons (Fsp3) is 0.824. The Morgan fingerprint density at radius 3 is 2.00 bits per heavy atom. The molecule has 2 N–H and O–H groups in total. The Balaban J connectivity index is 1.97. The zero-order valence-corrected chi connectivity index (χ0v) is 16.4. The second-order valence-corrected chi connectivity index (χ2v) is 8.46. The predicted octanol–water partition coefficient (Wildman–Crippen LogP) is 4.34. The Hall–Kier alpha value is -1.39. The number of hydrogen-bond acceptors (Lipinski definition) is 3. The van der Waals surface area contributed by atoms with Crippen LogP contribution in [0.1, 0.15) is 57.8 Å². The minimum atomic E-state index is -5.55. The summed E-state index contributed by atoms with van der Waals surface area (Å²) in [4.78, 5) is 13.6. The van der Waals surface area contributed by atoms with Gasteiger partial charge in [0.25, 0.3) is 0 Å². The zero-order chi connectivity index (χ0) is 21.2. The molecule has 0 aliphatic carbocycles. The Labute approximate surface area is 162 Å². The van der Waals surface area contributed by atoms with Crippen LogP contribution in [0, 0.1) is 0 Å². The molecule has 0 spiro atoms. The molecular formula is C17H27F5N2O3S. The van der Waals surface area contributed by atoms with Gasteiger partial charge in [-0.25, -0.2) is 4.79 Å². The average Bonchev–Trinajstić information content (AvgIpc) is 2.89. The highest BCUT2D eigenvalue weighted by Gasteiger charge is 2.56. The molecule has 1 rings (SSSR count). The summed E-state index contributed by atoms with van der Waals surface area (Å²) in [6.45, 7) is 0.530. The van der Waals surface area contributed by atoms with Crippen molar-refractivity contribution in [1.82, 2.24) is 9.55 Å². The number of halogens is 5. The first-order chi connectivity index (χ1) is 13.0. The van der Waals surface area contributed by atoms with Gasteiger partial charge in [-0.15, -0.1) is 0 Å². The van der Waals surface area contributed by atoms with E-state index < -0.39 is 35.7 Å². The molecule has 1 atom stereocenters. The van der Waals surface area contributed by atoms with Crippen LogP contribution >= 0.6 is 0 Å². The summed E-state index contributed by atoms with van der Waals surface area (Å²) in [5, 5.41) is 9.14. The largest absolute Gasteiger partial charge is 0.493 e. The minimum absolute atomic E-state index is 0.139. The molecule has 0 bridgehead atoms. The summed E-state index contributed by atoms with van der Waals surface area (Å²) in [6, 6.07) is 0. The van der Waals surface area contributed by atoms with Crippen molar-refractivity contribution in [2.75, 3.05) is 11.5 Å². The van der Waals surface area contributed by atoms with Gasteiger partial charge in [-0.3, -0.25) is 13.8 Å². The molecule has 28 heavy (non-hydrogen) atoms. The predicted molar refractivity (Wildman–Crippen MR) is 97.1 cm³/mol. The molecule has 1 aromatic rings. The van der Waals surface area contributed by atoms with E-state index in [2.05, 4.69) is 4.98 Å². The molecule has 0 saturated heterocycles. The number of aryl methyl sites for hydroxylation is 1. The van der Waals surface area contributed by atoms with Crippen molar-refractivity contribution in [3.8, 4) is 5.88 Å². The maximum absolute atomic E-state index is 12.7. The number of imidazole rings is 1. The van der Waals surface area contributed by atoms with Gasteiger partial charge in [0.05, 0.1) is 6.20 Å². The van der Waals surface area contributed by atoms with Crippen molar-refractivity contribution >= 4 is 10.8 Å². The van der Waals surface area contributed by atoms with Gasteiger partial charge in [-0.2, -0.15) is 22.0 Å². The Bertz CT molecular complexity index is 658. The third-order valence-corrected chi connectivity index (χ3v) is 5.81. The average molecular weight is 434 g/mol. The van der Waals surface area contributed by atoms with E-state index in [9.17, 15) is 31.0 Å². The first-order valence-corrected chi connectivity index (χ1v) is 10.8. The van der Waals surface area contributed by atoms with E-state index in [4.69, 9.17) is 5.11 Å². The van der Waals surface area contributed by atoms with Gasteiger partial charge in [-0.05, 0) is 19.3 Å². The zero-order valence-electron chi connectivity index (χ0n) is 15.6. The first kappa shape index (κ1) is 24.6. The van der Waals surface area contributed by atoms with Crippen LogP contribution in [0.4, 0.5) is 22.0 Å². The maximum Gasteiger partial charge on any atom is 0.453 e. The van der Waals surface area contributed by atoms with E-state index in [1.807, 2.05) is 0 Å². The van der Waals surface area contributed by atoms with Crippen LogP contribution in [0.5, 0.6) is 5.88 Å². The standard InChI is InChI=1S/C17H27F5N2O3S/c18-16(19,17(20,21)22)9-8-12-28(27)11-7-5-3-1-2-4-6-10-24-13-14(25)23-15(24)26/h13,25H,1-12H2,(H,23,26). The third-order valence-electron chi connectivity index (χ3n) is 4.32. The topological polar surface area (TPSA) is 75.1 Å². The Morgan fingerprint density at radius 2 is 1.46 bits per heavy atom. The van der Waals surface area contributed by atoms with Crippen molar-refractivity contribution < 1.29 is 31.3 Å². The van der Waals surface area contributed by atoms with E-state index in [0.29, 0.717) is 18.7 Å². The molecule has 0 fully saturated rings. The second kappa shape index (κ2) is 11.6. The van der Waals surface area contributed by atoms with Crippen LogP contribution in [0.3, 0.4) is 0 Å². The van der Waals surface area contributed by atoms with E-state index in [1.54, 1.807) is 0 Å². The van der Waals surface area contributed by atoms with E-state index >= 15 is 0 Å². The summed E-state index contributed by atoms with van der Waals surface area (Å²) < 4.78 is 74.5. The van der Waals surface area contributed by atoms with Crippen molar-refractivity contribution in [2.45, 2.75) is 76.4 Å². The number of rotatable bonds is 14. The Kier molecular flexibility index (Phi) is 10.2. The van der Waals surface area contributed by atoms with E-state index in [0.717, 1.165) is 38.5 Å². The fourth-order valence-corrected chi connectivity index (χ4v) is 3.91. The van der Waals surface area contributed by atoms with Gasteiger partial charge in [0.2, 0.25) is 5.88 Å². The highest BCUT2D eigenvalue weighted by Crippen LogP contribution is 2.38. The summed E-state index contributed by atoms with van der Waals surface area (Å²) in [5.74, 6) is -4.69. The SMILES string of the molecule is O=c1[nH]c(O)cn1CCCCCCCCCS(=O)CCCC(F)(F)C(F)(F)F. The quantitative estimate of drug-likeness (QED) is 0.338.